The molecular weight excluding hydrogens is 368 g/mol. The Morgan fingerprint density at radius 1 is 1.48 bits per heavy atom. The van der Waals surface area contributed by atoms with Crippen LogP contribution < -0.4 is 10.6 Å². The number of hydrogen-bond donors (Lipinski definition) is 2. The van der Waals surface area contributed by atoms with E-state index in [1.165, 1.54) is 14.0 Å². The number of rotatable bonds is 4. The number of likely N-dealkylation sites (N-methyl/N-ethyl adjacent to an activating group) is 1. The Hall–Kier alpha value is -0.930. The highest BCUT2D eigenvalue weighted by Gasteiger charge is 2.32. The van der Waals surface area contributed by atoms with Gasteiger partial charge in [0.2, 0.25) is 15.9 Å². The molecule has 0 saturated carbocycles. The maximum Gasteiger partial charge on any atom is 0.246 e. The fourth-order valence-corrected chi connectivity index (χ4v) is 4.04. The van der Waals surface area contributed by atoms with Gasteiger partial charge in [-0.25, -0.2) is 12.8 Å². The maximum absolute atomic E-state index is 14.2. The zero-order valence-electron chi connectivity index (χ0n) is 12.6. The molecule has 0 spiro atoms. The molecular formula is C13H18Cl2FN3O3S. The van der Waals surface area contributed by atoms with Gasteiger partial charge in [0.25, 0.3) is 0 Å². The lowest BCUT2D eigenvalue weighted by Gasteiger charge is -2.23. The highest BCUT2D eigenvalue weighted by molar-refractivity contribution is 7.89. The van der Waals surface area contributed by atoms with E-state index in [1.54, 1.807) is 0 Å². The Morgan fingerprint density at radius 3 is 2.65 bits per heavy atom. The number of hydrogen-bond acceptors (Lipinski definition) is 4. The minimum atomic E-state index is -4.00. The topological polar surface area (TPSA) is 78.5 Å². The van der Waals surface area contributed by atoms with Crippen molar-refractivity contribution in [2.75, 3.05) is 25.5 Å². The highest BCUT2D eigenvalue weighted by Crippen LogP contribution is 2.30. The van der Waals surface area contributed by atoms with Crippen molar-refractivity contribution >= 4 is 45.6 Å². The molecule has 0 aromatic heterocycles. The molecule has 23 heavy (non-hydrogen) atoms. The predicted octanol–water partition coefficient (Wildman–Crippen LogP) is 1.84. The van der Waals surface area contributed by atoms with Crippen LogP contribution in [-0.2, 0) is 14.8 Å². The third-order valence-corrected chi connectivity index (χ3v) is 5.78. The zero-order chi connectivity index (χ0) is 16.5. The first-order chi connectivity index (χ1) is 10.2. The molecule has 1 amide bonds. The van der Waals surface area contributed by atoms with Crippen LogP contribution in [0.2, 0.25) is 5.02 Å². The molecule has 2 N–H and O–H groups in total. The van der Waals surface area contributed by atoms with Gasteiger partial charge in [0, 0.05) is 32.6 Å². The molecule has 1 aliphatic heterocycles. The monoisotopic (exact) mass is 385 g/mol. The Morgan fingerprint density at radius 2 is 2.13 bits per heavy atom. The molecule has 1 unspecified atom stereocenters. The van der Waals surface area contributed by atoms with Gasteiger partial charge in [-0.3, -0.25) is 4.79 Å². The van der Waals surface area contributed by atoms with Crippen molar-refractivity contribution in [3.05, 3.63) is 23.0 Å². The maximum atomic E-state index is 14.2. The summed E-state index contributed by atoms with van der Waals surface area (Å²) in [6.45, 7) is 2.49. The van der Waals surface area contributed by atoms with Crippen LogP contribution in [0.15, 0.2) is 17.0 Å². The van der Waals surface area contributed by atoms with Crippen molar-refractivity contribution in [2.24, 2.45) is 0 Å². The lowest BCUT2D eigenvalue weighted by molar-refractivity contribution is -0.114. The number of anilines is 1. The first-order valence-electron chi connectivity index (χ1n) is 6.69. The van der Waals surface area contributed by atoms with Gasteiger partial charge in [0.05, 0.1) is 10.7 Å². The molecule has 6 nitrogen and oxygen atoms in total. The van der Waals surface area contributed by atoms with Crippen LogP contribution in [0.5, 0.6) is 0 Å². The molecule has 1 heterocycles. The van der Waals surface area contributed by atoms with Crippen LogP contribution in [0.25, 0.3) is 0 Å². The van der Waals surface area contributed by atoms with E-state index in [2.05, 4.69) is 10.6 Å². The third-order valence-electron chi connectivity index (χ3n) is 3.54. The number of benzene rings is 1. The fraction of sp³-hybridized carbons (Fsp3) is 0.462. The summed E-state index contributed by atoms with van der Waals surface area (Å²) in [5, 5.41) is 5.37. The summed E-state index contributed by atoms with van der Waals surface area (Å²) >= 11 is 5.94. The third kappa shape index (κ3) is 4.33. The molecule has 1 aromatic rings. The number of nitrogens with one attached hydrogen (secondary N) is 2. The number of amides is 1. The Balaban J connectivity index is 0.00000264. The van der Waals surface area contributed by atoms with Gasteiger partial charge in [0.1, 0.15) is 10.7 Å². The molecule has 0 aliphatic carbocycles. The van der Waals surface area contributed by atoms with Gasteiger partial charge in [0.15, 0.2) is 0 Å². The van der Waals surface area contributed by atoms with E-state index < -0.39 is 26.6 Å². The van der Waals surface area contributed by atoms with Crippen LogP contribution in [-0.4, -0.2) is 44.8 Å². The standard InChI is InChI=1S/C13H17ClFN3O3S.ClH/c1-8(19)17-12-6-11(15)13(5-10(12)14)22(20,21)18(2)9-3-4-16-7-9;/h5-6,9,16H,3-4,7H2,1-2H3,(H,17,19);1H. The summed E-state index contributed by atoms with van der Waals surface area (Å²) in [5.41, 5.74) is 0.0378. The van der Waals surface area contributed by atoms with Gasteiger partial charge in [-0.15, -0.1) is 12.4 Å². The summed E-state index contributed by atoms with van der Waals surface area (Å²) in [6.07, 6.45) is 0.662. The average Bonchev–Trinajstić information content (AvgIpc) is 2.94. The fourth-order valence-electron chi connectivity index (χ4n) is 2.31. The second kappa shape index (κ2) is 7.76. The van der Waals surface area contributed by atoms with Crippen molar-refractivity contribution in [3.63, 3.8) is 0 Å². The molecule has 1 atom stereocenters. The summed E-state index contributed by atoms with van der Waals surface area (Å²) in [5.74, 6) is -1.38. The van der Waals surface area contributed by atoms with Gasteiger partial charge in [-0.05, 0) is 19.0 Å². The number of nitrogens with zero attached hydrogens (tertiary/aromatic N) is 1. The molecule has 1 aliphatic rings. The van der Waals surface area contributed by atoms with E-state index in [9.17, 15) is 17.6 Å². The van der Waals surface area contributed by atoms with Crippen LogP contribution in [0.3, 0.4) is 0 Å². The van der Waals surface area contributed by atoms with Crippen molar-refractivity contribution in [2.45, 2.75) is 24.3 Å². The van der Waals surface area contributed by atoms with E-state index in [4.69, 9.17) is 11.6 Å². The number of carbonyl (C=O) groups excluding carboxylic acids is 1. The van der Waals surface area contributed by atoms with E-state index in [-0.39, 0.29) is 29.2 Å². The largest absolute Gasteiger partial charge is 0.325 e. The van der Waals surface area contributed by atoms with Gasteiger partial charge in [-0.2, -0.15) is 4.31 Å². The first kappa shape index (κ1) is 20.1. The molecule has 130 valence electrons. The van der Waals surface area contributed by atoms with E-state index >= 15 is 0 Å². The summed E-state index contributed by atoms with van der Waals surface area (Å²) < 4.78 is 40.4. The van der Waals surface area contributed by atoms with E-state index in [1.807, 2.05) is 0 Å². The molecule has 1 aromatic carbocycles. The lowest BCUT2D eigenvalue weighted by atomic mass is 10.3. The Labute approximate surface area is 145 Å². The molecule has 0 bridgehead atoms. The van der Waals surface area contributed by atoms with Gasteiger partial charge >= 0.3 is 0 Å². The molecule has 1 saturated heterocycles. The molecule has 1 fully saturated rings. The van der Waals surface area contributed by atoms with Gasteiger partial charge in [-0.1, -0.05) is 11.6 Å². The molecule has 0 radical (unpaired) electrons. The van der Waals surface area contributed by atoms with Crippen LogP contribution in [0.1, 0.15) is 13.3 Å². The highest BCUT2D eigenvalue weighted by atomic mass is 35.5. The van der Waals surface area contributed by atoms with Crippen LogP contribution >= 0.6 is 24.0 Å². The summed E-state index contributed by atoms with van der Waals surface area (Å²) in [7, 11) is -2.58. The van der Waals surface area contributed by atoms with Crippen LogP contribution in [0.4, 0.5) is 10.1 Å². The van der Waals surface area contributed by atoms with E-state index in [0.29, 0.717) is 13.0 Å². The Kier molecular flexibility index (Phi) is 6.79. The van der Waals surface area contributed by atoms with Crippen LogP contribution in [0, 0.1) is 5.82 Å². The molecule has 10 heteroatoms. The quantitative estimate of drug-likeness (QED) is 0.828. The molecule has 2 rings (SSSR count). The number of sulfonamides is 1. The number of carbonyl (C=O) groups is 1. The predicted molar refractivity (Wildman–Crippen MR) is 89.2 cm³/mol. The minimum absolute atomic E-state index is 0. The normalized spacial score (nSPS) is 17.9. The van der Waals surface area contributed by atoms with E-state index in [0.717, 1.165) is 23.0 Å². The lowest BCUT2D eigenvalue weighted by Crippen LogP contribution is -2.38. The average molecular weight is 386 g/mol. The summed E-state index contributed by atoms with van der Waals surface area (Å²) in [4.78, 5) is 10.5. The summed E-state index contributed by atoms with van der Waals surface area (Å²) in [6, 6.07) is 1.71. The SMILES string of the molecule is CC(=O)Nc1cc(F)c(S(=O)(=O)N(C)C2CCNC2)cc1Cl.Cl. The van der Waals surface area contributed by atoms with Crippen molar-refractivity contribution in [1.82, 2.24) is 9.62 Å². The second-order valence-corrected chi connectivity index (χ2v) is 7.48. The van der Waals surface area contributed by atoms with Crippen molar-refractivity contribution in [3.8, 4) is 0 Å². The second-order valence-electron chi connectivity index (χ2n) is 5.11. The number of halogens is 3. The first-order valence-corrected chi connectivity index (χ1v) is 8.50. The Bertz CT molecular complexity index is 694. The smallest absolute Gasteiger partial charge is 0.246 e. The van der Waals surface area contributed by atoms with Gasteiger partial charge < -0.3 is 10.6 Å². The van der Waals surface area contributed by atoms with Crippen molar-refractivity contribution < 1.29 is 17.6 Å². The van der Waals surface area contributed by atoms with Crippen molar-refractivity contribution in [1.29, 1.82) is 0 Å². The zero-order valence-corrected chi connectivity index (χ0v) is 15.0. The minimum Gasteiger partial charge on any atom is -0.325 e.